The van der Waals surface area contributed by atoms with Crippen LogP contribution in [0.1, 0.15) is 0 Å². The van der Waals surface area contributed by atoms with Gasteiger partial charge in [0.05, 0.1) is 15.7 Å². The zero-order valence-corrected chi connectivity index (χ0v) is 10.7. The van der Waals surface area contributed by atoms with E-state index in [1.807, 2.05) is 14.1 Å². The van der Waals surface area contributed by atoms with Crippen LogP contribution in [0.2, 0.25) is 10.0 Å². The lowest BCUT2D eigenvalue weighted by Crippen LogP contribution is -2.39. The number of anilines is 1. The first-order valence-corrected chi connectivity index (χ1v) is 5.36. The largest absolute Gasteiger partial charge is 0.330 e. The van der Waals surface area contributed by atoms with Crippen molar-refractivity contribution in [3.05, 3.63) is 28.2 Å². The second kappa shape index (κ2) is 5.51. The molecule has 0 radical (unpaired) electrons. The molecule has 0 aliphatic carbocycles. The van der Waals surface area contributed by atoms with E-state index in [9.17, 15) is 0 Å². The average molecular weight is 264 g/mol. The van der Waals surface area contributed by atoms with E-state index in [1.165, 1.54) is 0 Å². The third-order valence-corrected chi connectivity index (χ3v) is 2.54. The van der Waals surface area contributed by atoms with Crippen LogP contribution in [0.4, 0.5) is 5.69 Å². The number of rotatable bonds is 2. The number of nitrogens with zero attached hydrogens (tertiary/aromatic N) is 1. The number of thiocarbonyl (C=S) groups is 1. The molecule has 0 saturated carbocycles. The van der Waals surface area contributed by atoms with Crippen LogP contribution in [0.25, 0.3) is 0 Å². The molecule has 0 spiro atoms. The monoisotopic (exact) mass is 263 g/mol. The second-order valence-corrected chi connectivity index (χ2v) is 4.26. The van der Waals surface area contributed by atoms with E-state index in [2.05, 4.69) is 10.7 Å². The van der Waals surface area contributed by atoms with Crippen molar-refractivity contribution in [1.29, 1.82) is 0 Å². The summed E-state index contributed by atoms with van der Waals surface area (Å²) in [6, 6.07) is 5.32. The van der Waals surface area contributed by atoms with E-state index >= 15 is 0 Å². The van der Waals surface area contributed by atoms with Crippen molar-refractivity contribution < 1.29 is 0 Å². The van der Waals surface area contributed by atoms with Crippen LogP contribution in [0.3, 0.4) is 0 Å². The number of benzene rings is 1. The number of hydrogen-bond acceptors (Lipinski definition) is 2. The molecule has 0 atom stereocenters. The fourth-order valence-electron chi connectivity index (χ4n) is 0.954. The van der Waals surface area contributed by atoms with Crippen molar-refractivity contribution in [3.8, 4) is 0 Å². The van der Waals surface area contributed by atoms with E-state index in [0.29, 0.717) is 20.8 Å². The Morgan fingerprint density at radius 3 is 2.60 bits per heavy atom. The molecule has 15 heavy (non-hydrogen) atoms. The number of hydrogen-bond donors (Lipinski definition) is 2. The minimum Gasteiger partial charge on any atom is -0.330 e. The molecule has 0 aromatic heterocycles. The fraction of sp³-hybridized carbons (Fsp3) is 0.222. The molecule has 6 heteroatoms. The van der Waals surface area contributed by atoms with Gasteiger partial charge in [-0.2, -0.15) is 0 Å². The van der Waals surface area contributed by atoms with Crippen LogP contribution in [0.5, 0.6) is 0 Å². The van der Waals surface area contributed by atoms with E-state index in [1.54, 1.807) is 23.2 Å². The Bertz CT molecular complexity index is 368. The molecule has 0 unspecified atom stereocenters. The first kappa shape index (κ1) is 12.5. The predicted molar refractivity (Wildman–Crippen MR) is 69.5 cm³/mol. The van der Waals surface area contributed by atoms with E-state index in [-0.39, 0.29) is 0 Å². The maximum absolute atomic E-state index is 5.98. The second-order valence-electron chi connectivity index (χ2n) is 3.06. The molecule has 2 N–H and O–H groups in total. The highest BCUT2D eigenvalue weighted by Gasteiger charge is 2.05. The molecular formula is C9H11Cl2N3S. The maximum Gasteiger partial charge on any atom is 0.185 e. The summed E-state index contributed by atoms with van der Waals surface area (Å²) in [4.78, 5) is 0. The van der Waals surface area contributed by atoms with E-state index in [4.69, 9.17) is 35.4 Å². The molecule has 0 bridgehead atoms. The Labute approximate surface area is 104 Å². The van der Waals surface area contributed by atoms with Gasteiger partial charge in [0.2, 0.25) is 0 Å². The molecular weight excluding hydrogens is 253 g/mol. The van der Waals surface area contributed by atoms with Gasteiger partial charge in [-0.15, -0.1) is 0 Å². The highest BCUT2D eigenvalue weighted by Crippen LogP contribution is 2.29. The van der Waals surface area contributed by atoms with Gasteiger partial charge in [0, 0.05) is 14.1 Å². The fourth-order valence-corrected chi connectivity index (χ4v) is 1.59. The number of hydrazine groups is 1. The van der Waals surface area contributed by atoms with Gasteiger partial charge < -0.3 is 5.32 Å². The lowest BCUT2D eigenvalue weighted by Gasteiger charge is -2.16. The van der Waals surface area contributed by atoms with Crippen molar-refractivity contribution in [2.45, 2.75) is 0 Å². The molecule has 3 nitrogen and oxygen atoms in total. The molecule has 1 aromatic carbocycles. The minimum atomic E-state index is 0.460. The molecule has 0 saturated heterocycles. The standard InChI is InChI=1S/C9H11Cl2N3S/c1-14(2)13-9(15)12-7-5-3-4-6(10)8(7)11/h3-5H,1-2H3,(H2,12,13,15). The lowest BCUT2D eigenvalue weighted by molar-refractivity contribution is 0.365. The third kappa shape index (κ3) is 3.83. The first-order chi connectivity index (χ1) is 7.00. The van der Waals surface area contributed by atoms with E-state index in [0.717, 1.165) is 0 Å². The molecule has 1 aromatic rings. The van der Waals surface area contributed by atoms with Gasteiger partial charge in [-0.25, -0.2) is 5.01 Å². The third-order valence-electron chi connectivity index (χ3n) is 1.52. The van der Waals surface area contributed by atoms with Gasteiger partial charge in [-0.05, 0) is 24.4 Å². The zero-order valence-electron chi connectivity index (χ0n) is 8.34. The van der Waals surface area contributed by atoms with Crippen molar-refractivity contribution in [1.82, 2.24) is 10.4 Å². The zero-order chi connectivity index (χ0) is 11.4. The smallest absolute Gasteiger partial charge is 0.185 e. The summed E-state index contributed by atoms with van der Waals surface area (Å²) >= 11 is 16.9. The van der Waals surface area contributed by atoms with Crippen LogP contribution >= 0.6 is 35.4 Å². The maximum atomic E-state index is 5.98. The van der Waals surface area contributed by atoms with Crippen molar-refractivity contribution in [3.63, 3.8) is 0 Å². The Balaban J connectivity index is 2.73. The summed E-state index contributed by atoms with van der Waals surface area (Å²) < 4.78 is 0. The number of halogens is 2. The van der Waals surface area contributed by atoms with Gasteiger partial charge in [0.15, 0.2) is 5.11 Å². The lowest BCUT2D eigenvalue weighted by atomic mass is 10.3. The summed E-state index contributed by atoms with van der Waals surface area (Å²) in [6.45, 7) is 0. The van der Waals surface area contributed by atoms with Crippen LogP contribution in [0.15, 0.2) is 18.2 Å². The molecule has 0 amide bonds. The normalized spacial score (nSPS) is 10.2. The molecule has 82 valence electrons. The predicted octanol–water partition coefficient (Wildman–Crippen LogP) is 2.76. The first-order valence-electron chi connectivity index (χ1n) is 4.19. The SMILES string of the molecule is CN(C)NC(=S)Nc1cccc(Cl)c1Cl. The van der Waals surface area contributed by atoms with Gasteiger partial charge >= 0.3 is 0 Å². The van der Waals surface area contributed by atoms with Crippen LogP contribution < -0.4 is 10.7 Å². The van der Waals surface area contributed by atoms with Crippen LogP contribution in [-0.4, -0.2) is 24.2 Å². The van der Waals surface area contributed by atoms with Crippen molar-refractivity contribution >= 4 is 46.2 Å². The summed E-state index contributed by atoms with van der Waals surface area (Å²) in [5, 5.41) is 6.09. The Morgan fingerprint density at radius 2 is 2.00 bits per heavy atom. The van der Waals surface area contributed by atoms with Gasteiger partial charge in [-0.1, -0.05) is 29.3 Å². The summed E-state index contributed by atoms with van der Waals surface area (Å²) in [5.74, 6) is 0. The molecule has 0 aliphatic rings. The Morgan fingerprint density at radius 1 is 1.33 bits per heavy atom. The van der Waals surface area contributed by atoms with Crippen molar-refractivity contribution in [2.75, 3.05) is 19.4 Å². The van der Waals surface area contributed by atoms with Gasteiger partial charge in [0.1, 0.15) is 0 Å². The summed E-state index contributed by atoms with van der Waals surface area (Å²) in [5.41, 5.74) is 3.57. The highest BCUT2D eigenvalue weighted by molar-refractivity contribution is 7.80. The topological polar surface area (TPSA) is 27.3 Å². The highest BCUT2D eigenvalue weighted by atomic mass is 35.5. The number of nitrogens with one attached hydrogen (secondary N) is 2. The summed E-state index contributed by atoms with van der Waals surface area (Å²) in [7, 11) is 3.68. The average Bonchev–Trinajstić information content (AvgIpc) is 2.11. The van der Waals surface area contributed by atoms with Crippen LogP contribution in [-0.2, 0) is 0 Å². The van der Waals surface area contributed by atoms with Crippen LogP contribution in [0, 0.1) is 0 Å². The molecule has 0 fully saturated rings. The molecule has 0 heterocycles. The summed E-state index contributed by atoms with van der Waals surface area (Å²) in [6.07, 6.45) is 0. The Kier molecular flexibility index (Phi) is 4.60. The van der Waals surface area contributed by atoms with Gasteiger partial charge in [-0.3, -0.25) is 5.43 Å². The van der Waals surface area contributed by atoms with Crippen molar-refractivity contribution in [2.24, 2.45) is 0 Å². The minimum absolute atomic E-state index is 0.460. The molecule has 1 rings (SSSR count). The van der Waals surface area contributed by atoms with Gasteiger partial charge in [0.25, 0.3) is 0 Å². The molecule has 0 aliphatic heterocycles. The quantitative estimate of drug-likeness (QED) is 0.634. The van der Waals surface area contributed by atoms with E-state index < -0.39 is 0 Å². The Hall–Kier alpha value is -0.550.